The fraction of sp³-hybridized carbons (Fsp3) is 0.778. The minimum atomic E-state index is -0.0990. The molecule has 2 nitrogen and oxygen atoms in total. The third-order valence-corrected chi connectivity index (χ3v) is 1.79. The minimum Gasteiger partial charge on any atom is -0.462 e. The number of ether oxygens (including phenoxy) is 1. The quantitative estimate of drug-likeness (QED) is 0.585. The second kappa shape index (κ2) is 5.16. The van der Waals surface area contributed by atoms with Crippen molar-refractivity contribution in [3.05, 3.63) is 6.42 Å². The van der Waals surface area contributed by atoms with Crippen molar-refractivity contribution in [3.8, 4) is 0 Å². The van der Waals surface area contributed by atoms with Crippen molar-refractivity contribution in [2.24, 2.45) is 5.92 Å². The Morgan fingerprint density at radius 3 is 2.45 bits per heavy atom. The van der Waals surface area contributed by atoms with E-state index in [1.165, 1.54) is 0 Å². The van der Waals surface area contributed by atoms with E-state index in [0.717, 1.165) is 6.42 Å². The molecule has 0 unspecified atom stereocenters. The predicted molar refractivity (Wildman–Crippen MR) is 45.0 cm³/mol. The van der Waals surface area contributed by atoms with E-state index in [1.54, 1.807) is 0 Å². The van der Waals surface area contributed by atoms with E-state index in [0.29, 0.717) is 0 Å². The average Bonchev–Trinajstić information content (AvgIpc) is 2.02. The summed E-state index contributed by atoms with van der Waals surface area (Å²) in [4.78, 5) is 11.1. The fourth-order valence-corrected chi connectivity index (χ4v) is 0.534. The Bertz CT molecular complexity index is 121. The van der Waals surface area contributed by atoms with E-state index in [2.05, 4.69) is 0 Å². The summed E-state index contributed by atoms with van der Waals surface area (Å²) in [5, 5.41) is 0. The van der Waals surface area contributed by atoms with E-state index in [-0.39, 0.29) is 18.0 Å². The first-order valence-electron chi connectivity index (χ1n) is 4.11. The summed E-state index contributed by atoms with van der Waals surface area (Å²) in [6, 6.07) is 0. The summed E-state index contributed by atoms with van der Waals surface area (Å²) in [7, 11) is 0. The van der Waals surface area contributed by atoms with Gasteiger partial charge in [0, 0.05) is 0 Å². The van der Waals surface area contributed by atoms with Crippen LogP contribution in [0.25, 0.3) is 0 Å². The van der Waals surface area contributed by atoms with Crippen LogP contribution in [0.2, 0.25) is 0 Å². The Morgan fingerprint density at radius 1 is 1.55 bits per heavy atom. The largest absolute Gasteiger partial charge is 0.462 e. The molecule has 0 amide bonds. The summed E-state index contributed by atoms with van der Waals surface area (Å²) < 4.78 is 5.06. The van der Waals surface area contributed by atoms with Crippen molar-refractivity contribution in [2.75, 3.05) is 0 Å². The SMILES string of the molecule is C[CH][C@@H](C)OC(=O)[C@H](C)CC. The van der Waals surface area contributed by atoms with Crippen molar-refractivity contribution in [1.29, 1.82) is 0 Å². The highest BCUT2D eigenvalue weighted by atomic mass is 16.5. The first-order chi connectivity index (χ1) is 5.11. The van der Waals surface area contributed by atoms with Crippen molar-refractivity contribution < 1.29 is 9.53 Å². The summed E-state index contributed by atoms with van der Waals surface area (Å²) in [6.45, 7) is 7.60. The van der Waals surface area contributed by atoms with Gasteiger partial charge >= 0.3 is 5.97 Å². The first-order valence-corrected chi connectivity index (χ1v) is 4.11. The van der Waals surface area contributed by atoms with Gasteiger partial charge < -0.3 is 4.74 Å². The molecule has 0 aromatic heterocycles. The highest BCUT2D eigenvalue weighted by Crippen LogP contribution is 2.06. The Balaban J connectivity index is 3.68. The van der Waals surface area contributed by atoms with E-state index in [4.69, 9.17) is 4.74 Å². The zero-order valence-corrected chi connectivity index (χ0v) is 7.76. The number of hydrogen-bond donors (Lipinski definition) is 0. The lowest BCUT2D eigenvalue weighted by Gasteiger charge is -2.13. The number of carbonyl (C=O) groups is 1. The topological polar surface area (TPSA) is 26.3 Å². The molecule has 0 bridgehead atoms. The van der Waals surface area contributed by atoms with Gasteiger partial charge in [0.2, 0.25) is 0 Å². The van der Waals surface area contributed by atoms with Crippen molar-refractivity contribution in [3.63, 3.8) is 0 Å². The Morgan fingerprint density at radius 2 is 2.09 bits per heavy atom. The molecule has 1 radical (unpaired) electrons. The second-order valence-corrected chi connectivity index (χ2v) is 2.78. The number of carbonyl (C=O) groups excluding carboxylic acids is 1. The number of hydrogen-bond acceptors (Lipinski definition) is 2. The summed E-state index contributed by atoms with van der Waals surface area (Å²) in [6.07, 6.45) is 2.65. The van der Waals surface area contributed by atoms with Gasteiger partial charge in [0.1, 0.15) is 6.10 Å². The van der Waals surface area contributed by atoms with Gasteiger partial charge in [-0.3, -0.25) is 4.79 Å². The summed E-state index contributed by atoms with van der Waals surface area (Å²) in [5.74, 6) is -0.0736. The molecule has 0 aliphatic rings. The van der Waals surface area contributed by atoms with Gasteiger partial charge in [0.25, 0.3) is 0 Å². The molecule has 0 rings (SSSR count). The molecule has 65 valence electrons. The lowest BCUT2D eigenvalue weighted by Crippen LogP contribution is -2.19. The van der Waals surface area contributed by atoms with Crippen LogP contribution in [0.5, 0.6) is 0 Å². The first kappa shape index (κ1) is 10.5. The van der Waals surface area contributed by atoms with Crippen LogP contribution in [0.1, 0.15) is 34.1 Å². The Hall–Kier alpha value is -0.530. The molecule has 0 aromatic rings. The van der Waals surface area contributed by atoms with Crippen molar-refractivity contribution >= 4 is 5.97 Å². The van der Waals surface area contributed by atoms with Crippen LogP contribution in [0.3, 0.4) is 0 Å². The van der Waals surface area contributed by atoms with Crippen LogP contribution in [-0.2, 0) is 9.53 Å². The molecular formula is C9H17O2. The van der Waals surface area contributed by atoms with Crippen LogP contribution in [0.15, 0.2) is 0 Å². The molecule has 2 heteroatoms. The summed E-state index contributed by atoms with van der Waals surface area (Å²) in [5.41, 5.74) is 0. The van der Waals surface area contributed by atoms with Crippen LogP contribution in [0.4, 0.5) is 0 Å². The number of rotatable bonds is 4. The molecule has 0 saturated carbocycles. The molecule has 11 heavy (non-hydrogen) atoms. The normalized spacial score (nSPS) is 15.6. The molecule has 2 atom stereocenters. The maximum Gasteiger partial charge on any atom is 0.308 e. The molecule has 0 heterocycles. The average molecular weight is 157 g/mol. The van der Waals surface area contributed by atoms with Gasteiger partial charge in [-0.15, -0.1) is 0 Å². The van der Waals surface area contributed by atoms with Crippen molar-refractivity contribution in [1.82, 2.24) is 0 Å². The maximum absolute atomic E-state index is 11.1. The standard InChI is InChI=1S/C9H17O2/c1-5-7(3)9(10)11-8(4)6-2/h6-8H,5H2,1-4H3/t7-,8-/m1/s1. The van der Waals surface area contributed by atoms with Crippen LogP contribution in [0, 0.1) is 12.3 Å². The lowest BCUT2D eigenvalue weighted by atomic mass is 10.1. The molecule has 0 saturated heterocycles. The van der Waals surface area contributed by atoms with Gasteiger partial charge in [0.15, 0.2) is 0 Å². The number of esters is 1. The van der Waals surface area contributed by atoms with Crippen molar-refractivity contribution in [2.45, 2.75) is 40.2 Å². The molecular weight excluding hydrogens is 140 g/mol. The Labute approximate surface area is 68.9 Å². The van der Waals surface area contributed by atoms with Crippen LogP contribution >= 0.6 is 0 Å². The van der Waals surface area contributed by atoms with Gasteiger partial charge in [0.05, 0.1) is 5.92 Å². The van der Waals surface area contributed by atoms with E-state index >= 15 is 0 Å². The maximum atomic E-state index is 11.1. The van der Waals surface area contributed by atoms with Gasteiger partial charge in [-0.25, -0.2) is 0 Å². The van der Waals surface area contributed by atoms with Crippen LogP contribution < -0.4 is 0 Å². The Kier molecular flexibility index (Phi) is 4.92. The van der Waals surface area contributed by atoms with Gasteiger partial charge in [-0.1, -0.05) is 20.8 Å². The van der Waals surface area contributed by atoms with E-state index in [1.807, 2.05) is 34.1 Å². The lowest BCUT2D eigenvalue weighted by molar-refractivity contribution is -0.151. The third-order valence-electron chi connectivity index (χ3n) is 1.79. The van der Waals surface area contributed by atoms with Gasteiger partial charge in [-0.05, 0) is 19.8 Å². The summed E-state index contributed by atoms with van der Waals surface area (Å²) >= 11 is 0. The molecule has 0 aliphatic carbocycles. The molecule has 0 aliphatic heterocycles. The minimum absolute atomic E-state index is 0.0254. The molecule has 0 fully saturated rings. The van der Waals surface area contributed by atoms with Crippen LogP contribution in [-0.4, -0.2) is 12.1 Å². The van der Waals surface area contributed by atoms with E-state index < -0.39 is 0 Å². The second-order valence-electron chi connectivity index (χ2n) is 2.78. The third kappa shape index (κ3) is 4.02. The van der Waals surface area contributed by atoms with Gasteiger partial charge in [-0.2, -0.15) is 0 Å². The highest BCUT2D eigenvalue weighted by Gasteiger charge is 2.13. The fourth-order valence-electron chi connectivity index (χ4n) is 0.534. The highest BCUT2D eigenvalue weighted by molar-refractivity contribution is 5.72. The molecule has 0 aromatic carbocycles. The smallest absolute Gasteiger partial charge is 0.308 e. The molecule has 0 spiro atoms. The monoisotopic (exact) mass is 157 g/mol. The predicted octanol–water partition coefficient (Wildman–Crippen LogP) is 2.19. The molecule has 0 N–H and O–H groups in total. The van der Waals surface area contributed by atoms with E-state index in [9.17, 15) is 4.79 Å². The zero-order chi connectivity index (χ0) is 8.85. The zero-order valence-electron chi connectivity index (χ0n) is 7.76.